The number of aromatic nitrogens is 1. The summed E-state index contributed by atoms with van der Waals surface area (Å²) in [6.07, 6.45) is 4.86. The molecular formula is C24H29FN2O2. The number of nitrogens with zero attached hydrogens (tertiary/aromatic N) is 1. The molecule has 2 heterocycles. The van der Waals surface area contributed by atoms with Crippen LogP contribution >= 0.6 is 0 Å². The highest BCUT2D eigenvalue weighted by molar-refractivity contribution is 5.83. The Morgan fingerprint density at radius 1 is 1.28 bits per heavy atom. The van der Waals surface area contributed by atoms with Crippen LogP contribution in [0.2, 0.25) is 0 Å². The van der Waals surface area contributed by atoms with E-state index in [1.807, 2.05) is 24.4 Å². The Bertz CT molecular complexity index is 968. The monoisotopic (exact) mass is 396 g/mol. The highest BCUT2D eigenvalue weighted by atomic mass is 19.1. The molecule has 0 spiro atoms. The normalized spacial score (nSPS) is 16.3. The average molecular weight is 397 g/mol. The van der Waals surface area contributed by atoms with Crippen molar-refractivity contribution in [2.75, 3.05) is 20.3 Å². The van der Waals surface area contributed by atoms with Gasteiger partial charge in [0.1, 0.15) is 23.9 Å². The van der Waals surface area contributed by atoms with Crippen LogP contribution in [0.1, 0.15) is 31.4 Å². The number of H-pyrrole nitrogens is 1. The summed E-state index contributed by atoms with van der Waals surface area (Å²) in [6.45, 7) is 6.13. The number of halogens is 1. The van der Waals surface area contributed by atoms with Gasteiger partial charge >= 0.3 is 0 Å². The minimum Gasteiger partial charge on any atom is -0.496 e. The zero-order chi connectivity index (χ0) is 20.4. The van der Waals surface area contributed by atoms with E-state index in [4.69, 9.17) is 9.47 Å². The van der Waals surface area contributed by atoms with E-state index in [2.05, 4.69) is 23.7 Å². The van der Waals surface area contributed by atoms with Crippen LogP contribution in [0.5, 0.6) is 11.5 Å². The zero-order valence-electron chi connectivity index (χ0n) is 17.4. The van der Waals surface area contributed by atoms with E-state index in [0.29, 0.717) is 18.7 Å². The van der Waals surface area contributed by atoms with Gasteiger partial charge in [0.05, 0.1) is 7.11 Å². The van der Waals surface area contributed by atoms with Crippen molar-refractivity contribution in [3.8, 4) is 11.5 Å². The third-order valence-corrected chi connectivity index (χ3v) is 5.91. The summed E-state index contributed by atoms with van der Waals surface area (Å²) in [5.41, 5.74) is 3.32. The van der Waals surface area contributed by atoms with Gasteiger partial charge in [-0.1, -0.05) is 6.07 Å². The van der Waals surface area contributed by atoms with Gasteiger partial charge < -0.3 is 14.5 Å². The van der Waals surface area contributed by atoms with Gasteiger partial charge in [0.25, 0.3) is 0 Å². The lowest BCUT2D eigenvalue weighted by Gasteiger charge is -2.38. The quantitative estimate of drug-likeness (QED) is 0.613. The molecule has 5 heteroatoms. The van der Waals surface area contributed by atoms with E-state index in [1.165, 1.54) is 11.6 Å². The molecule has 1 aliphatic heterocycles. The largest absolute Gasteiger partial charge is 0.496 e. The zero-order valence-corrected chi connectivity index (χ0v) is 17.4. The van der Waals surface area contributed by atoms with Crippen LogP contribution in [0, 0.1) is 5.82 Å². The molecule has 1 aliphatic rings. The molecule has 0 bridgehead atoms. The molecule has 3 aromatic rings. The van der Waals surface area contributed by atoms with Gasteiger partial charge in [-0.15, -0.1) is 0 Å². The molecule has 0 aliphatic carbocycles. The molecule has 29 heavy (non-hydrogen) atoms. The average Bonchev–Trinajstić information content (AvgIpc) is 3.12. The maximum absolute atomic E-state index is 13.6. The van der Waals surface area contributed by atoms with Crippen molar-refractivity contribution in [1.82, 2.24) is 9.88 Å². The van der Waals surface area contributed by atoms with Crippen molar-refractivity contribution in [3.63, 3.8) is 0 Å². The molecule has 4 nitrogen and oxygen atoms in total. The lowest BCUT2D eigenvalue weighted by atomic mass is 9.98. The van der Waals surface area contributed by atoms with Gasteiger partial charge in [-0.3, -0.25) is 4.90 Å². The first kappa shape index (κ1) is 19.8. The summed E-state index contributed by atoms with van der Waals surface area (Å²) >= 11 is 0. The molecule has 0 radical (unpaired) electrons. The van der Waals surface area contributed by atoms with Crippen LogP contribution in [0.25, 0.3) is 10.9 Å². The number of benzene rings is 2. The SMILES string of the molecule is COc1cccc2c1CC(N(CCCc1c[nH]c3ccc(F)cc13)C(C)C)CO2. The van der Waals surface area contributed by atoms with E-state index in [0.717, 1.165) is 53.8 Å². The molecule has 0 amide bonds. The van der Waals surface area contributed by atoms with Crippen molar-refractivity contribution in [2.45, 2.75) is 45.2 Å². The Balaban J connectivity index is 1.44. The first-order chi connectivity index (χ1) is 14.1. The highest BCUT2D eigenvalue weighted by Crippen LogP contribution is 2.34. The number of aryl methyl sites for hydroxylation is 1. The van der Waals surface area contributed by atoms with Crippen LogP contribution in [0.3, 0.4) is 0 Å². The van der Waals surface area contributed by atoms with Crippen molar-refractivity contribution in [3.05, 3.63) is 59.5 Å². The summed E-state index contributed by atoms with van der Waals surface area (Å²) in [5.74, 6) is 1.65. The van der Waals surface area contributed by atoms with Gasteiger partial charge in [-0.2, -0.15) is 0 Å². The topological polar surface area (TPSA) is 37.5 Å². The number of hydrogen-bond acceptors (Lipinski definition) is 3. The van der Waals surface area contributed by atoms with Gasteiger partial charge in [0, 0.05) is 34.7 Å². The van der Waals surface area contributed by atoms with E-state index < -0.39 is 0 Å². The number of rotatable bonds is 7. The molecule has 154 valence electrons. The molecule has 1 aromatic heterocycles. The predicted molar refractivity (Wildman–Crippen MR) is 114 cm³/mol. The molecule has 0 saturated heterocycles. The highest BCUT2D eigenvalue weighted by Gasteiger charge is 2.28. The Hall–Kier alpha value is -2.53. The molecule has 1 atom stereocenters. The second kappa shape index (κ2) is 8.46. The van der Waals surface area contributed by atoms with Crippen LogP contribution in [0.4, 0.5) is 4.39 Å². The van der Waals surface area contributed by atoms with E-state index in [9.17, 15) is 4.39 Å². The number of aromatic amines is 1. The van der Waals surface area contributed by atoms with E-state index in [1.54, 1.807) is 19.2 Å². The lowest BCUT2D eigenvalue weighted by molar-refractivity contribution is 0.0904. The van der Waals surface area contributed by atoms with Gasteiger partial charge in [-0.25, -0.2) is 4.39 Å². The smallest absolute Gasteiger partial charge is 0.126 e. The lowest BCUT2D eigenvalue weighted by Crippen LogP contribution is -2.47. The fraction of sp³-hybridized carbons (Fsp3) is 0.417. The maximum Gasteiger partial charge on any atom is 0.126 e. The van der Waals surface area contributed by atoms with Crippen LogP contribution in [-0.4, -0.2) is 42.2 Å². The fourth-order valence-corrected chi connectivity index (χ4v) is 4.44. The summed E-state index contributed by atoms with van der Waals surface area (Å²) in [5, 5.41) is 0.987. The van der Waals surface area contributed by atoms with Crippen molar-refractivity contribution in [2.24, 2.45) is 0 Å². The Morgan fingerprint density at radius 2 is 2.14 bits per heavy atom. The molecule has 4 rings (SSSR count). The van der Waals surface area contributed by atoms with Gasteiger partial charge in [0.2, 0.25) is 0 Å². The molecule has 0 saturated carbocycles. The first-order valence-corrected chi connectivity index (χ1v) is 10.4. The van der Waals surface area contributed by atoms with Crippen molar-refractivity contribution >= 4 is 10.9 Å². The number of hydrogen-bond donors (Lipinski definition) is 1. The van der Waals surface area contributed by atoms with Gasteiger partial charge in [0.15, 0.2) is 0 Å². The maximum atomic E-state index is 13.6. The minimum atomic E-state index is -0.186. The summed E-state index contributed by atoms with van der Waals surface area (Å²) in [4.78, 5) is 5.77. The fourth-order valence-electron chi connectivity index (χ4n) is 4.44. The van der Waals surface area contributed by atoms with E-state index >= 15 is 0 Å². The Kier molecular flexibility index (Phi) is 5.76. The van der Waals surface area contributed by atoms with E-state index in [-0.39, 0.29) is 5.82 Å². The third kappa shape index (κ3) is 4.10. The second-order valence-corrected chi connectivity index (χ2v) is 8.04. The molecule has 0 fully saturated rings. The summed E-state index contributed by atoms with van der Waals surface area (Å²) in [7, 11) is 1.71. The number of methoxy groups -OCH3 is 1. The Labute approximate surface area is 171 Å². The molecule has 1 unspecified atom stereocenters. The van der Waals surface area contributed by atoms with Crippen molar-refractivity contribution < 1.29 is 13.9 Å². The molecular weight excluding hydrogens is 367 g/mol. The Morgan fingerprint density at radius 3 is 2.93 bits per heavy atom. The first-order valence-electron chi connectivity index (χ1n) is 10.4. The predicted octanol–water partition coefficient (Wildman–Crippen LogP) is 4.96. The van der Waals surface area contributed by atoms with Crippen LogP contribution in [0.15, 0.2) is 42.6 Å². The summed E-state index contributed by atoms with van der Waals surface area (Å²) in [6, 6.07) is 11.7. The number of fused-ring (bicyclic) bond motifs is 2. The number of nitrogens with one attached hydrogen (secondary N) is 1. The third-order valence-electron chi connectivity index (χ3n) is 5.91. The minimum absolute atomic E-state index is 0.186. The van der Waals surface area contributed by atoms with Crippen LogP contribution in [-0.2, 0) is 12.8 Å². The second-order valence-electron chi connectivity index (χ2n) is 8.04. The van der Waals surface area contributed by atoms with Crippen molar-refractivity contribution in [1.29, 1.82) is 0 Å². The van der Waals surface area contributed by atoms with Gasteiger partial charge in [-0.05, 0) is 75.5 Å². The summed E-state index contributed by atoms with van der Waals surface area (Å²) < 4.78 is 25.2. The van der Waals surface area contributed by atoms with Crippen LogP contribution < -0.4 is 9.47 Å². The molecule has 1 N–H and O–H groups in total. The standard InChI is InChI=1S/C24H29FN2O2/c1-16(2)27(19-13-21-23(28-3)7-4-8-24(21)29-15-19)11-5-6-17-14-26-22-10-9-18(25)12-20(17)22/h4,7-10,12,14,16,19,26H,5-6,11,13,15H2,1-3H3. The molecule has 2 aromatic carbocycles. The number of ether oxygens (including phenoxy) is 2.